The van der Waals surface area contributed by atoms with Crippen LogP contribution in [0.4, 0.5) is 0 Å². The summed E-state index contributed by atoms with van der Waals surface area (Å²) in [6, 6.07) is 70.6. The summed E-state index contributed by atoms with van der Waals surface area (Å²) in [6.45, 7) is 0. The first-order valence-electron chi connectivity index (χ1n) is 20.5. The second kappa shape index (κ2) is 14.6. The number of hydrogen-bond acceptors (Lipinski definition) is 6. The van der Waals surface area contributed by atoms with Crippen LogP contribution in [0, 0.1) is 0 Å². The van der Waals surface area contributed by atoms with E-state index < -0.39 is 0 Å². The van der Waals surface area contributed by atoms with Gasteiger partial charge in [-0.05, 0) is 36.4 Å². The van der Waals surface area contributed by atoms with Crippen LogP contribution in [0.5, 0.6) is 0 Å². The van der Waals surface area contributed by atoms with Gasteiger partial charge in [-0.2, -0.15) is 9.97 Å². The van der Waals surface area contributed by atoms with Crippen molar-refractivity contribution in [3.63, 3.8) is 0 Å². The molecule has 12 aromatic rings. The maximum atomic E-state index is 5.18. The number of rotatable bonds is 7. The maximum absolute atomic E-state index is 5.18. The van der Waals surface area contributed by atoms with Gasteiger partial charge >= 0.3 is 0 Å². The number of benzene rings is 8. The first-order valence-corrected chi connectivity index (χ1v) is 20.5. The van der Waals surface area contributed by atoms with Crippen molar-refractivity contribution < 1.29 is 0 Å². The number of para-hydroxylation sites is 2. The third-order valence-electron chi connectivity index (χ3n) is 11.4. The van der Waals surface area contributed by atoms with Crippen molar-refractivity contribution in [1.29, 1.82) is 0 Å². The molecule has 0 aliphatic carbocycles. The van der Waals surface area contributed by atoms with Crippen LogP contribution in [0.2, 0.25) is 0 Å². The molecule has 8 aromatic carbocycles. The summed E-state index contributed by atoms with van der Waals surface area (Å²) >= 11 is 0. The molecule has 12 rings (SSSR count). The van der Waals surface area contributed by atoms with Crippen LogP contribution in [0.15, 0.2) is 206 Å². The first-order chi connectivity index (χ1) is 30.7. The molecule has 0 saturated carbocycles. The van der Waals surface area contributed by atoms with Crippen molar-refractivity contribution in [3.05, 3.63) is 206 Å². The maximum Gasteiger partial charge on any atom is 0.238 e. The van der Waals surface area contributed by atoms with Crippen molar-refractivity contribution in [3.8, 4) is 68.6 Å². The van der Waals surface area contributed by atoms with E-state index in [1.165, 1.54) is 0 Å². The van der Waals surface area contributed by atoms with Crippen LogP contribution in [0.3, 0.4) is 0 Å². The lowest BCUT2D eigenvalue weighted by Crippen LogP contribution is -2.06. The Bertz CT molecular complexity index is 3500. The van der Waals surface area contributed by atoms with Crippen molar-refractivity contribution in [1.82, 2.24) is 39.0 Å². The predicted octanol–water partition coefficient (Wildman–Crippen LogP) is 12.6. The number of aromatic nitrogens is 8. The highest BCUT2D eigenvalue weighted by Crippen LogP contribution is 2.40. The molecule has 4 aromatic heterocycles. The summed E-state index contributed by atoms with van der Waals surface area (Å²) < 4.78 is 4.54. The van der Waals surface area contributed by atoms with Crippen molar-refractivity contribution in [2.45, 2.75) is 0 Å². The van der Waals surface area contributed by atoms with Gasteiger partial charge in [-0.1, -0.05) is 170 Å². The Labute approximate surface area is 356 Å². The highest BCUT2D eigenvalue weighted by molar-refractivity contribution is 6.19. The molecule has 8 heteroatoms. The zero-order valence-electron chi connectivity index (χ0n) is 33.2. The second-order valence-electron chi connectivity index (χ2n) is 15.2. The lowest BCUT2D eigenvalue weighted by Gasteiger charge is -2.12. The molecule has 4 heterocycles. The van der Waals surface area contributed by atoms with Crippen molar-refractivity contribution in [2.75, 3.05) is 0 Å². The Morgan fingerprint density at radius 1 is 0.242 bits per heavy atom. The molecule has 0 aliphatic heterocycles. The highest BCUT2D eigenvalue weighted by atomic mass is 15.2. The minimum absolute atomic E-state index is 0.557. The molecule has 0 fully saturated rings. The van der Waals surface area contributed by atoms with E-state index in [9.17, 15) is 0 Å². The smallest absolute Gasteiger partial charge is 0.238 e. The second-order valence-corrected chi connectivity index (χ2v) is 15.2. The number of hydrogen-bond donors (Lipinski definition) is 0. The van der Waals surface area contributed by atoms with Crippen LogP contribution in [-0.2, 0) is 0 Å². The monoisotopic (exact) mass is 794 g/mol. The third kappa shape index (κ3) is 6.00. The molecule has 62 heavy (non-hydrogen) atoms. The number of fused-ring (bicyclic) bond motifs is 6. The lowest BCUT2D eigenvalue weighted by molar-refractivity contribution is 0.954. The summed E-state index contributed by atoms with van der Waals surface area (Å²) in [5.74, 6) is 3.64. The third-order valence-corrected chi connectivity index (χ3v) is 11.4. The summed E-state index contributed by atoms with van der Waals surface area (Å²) in [4.78, 5) is 30.4. The molecule has 0 spiro atoms. The predicted molar refractivity (Wildman–Crippen MR) is 249 cm³/mol. The van der Waals surface area contributed by atoms with E-state index in [1.807, 2.05) is 121 Å². The quantitative estimate of drug-likeness (QED) is 0.160. The van der Waals surface area contributed by atoms with E-state index in [2.05, 4.69) is 94.1 Å². The topological polar surface area (TPSA) is 87.2 Å². The number of nitrogens with zero attached hydrogens (tertiary/aromatic N) is 8. The Morgan fingerprint density at radius 3 is 1.06 bits per heavy atom. The van der Waals surface area contributed by atoms with Gasteiger partial charge in [0, 0.05) is 55.0 Å². The standard InChI is InChI=1S/C54H34N8/c1-5-18-35(19-6-1)49-55-50(36-20-7-2-8-21-36)57-53(56-49)39-26-17-27-40(32-39)61-45-30-15-13-28-41(45)43-34-48-44(33-47(43)61)42-29-14-16-31-46(42)62(48)54-59-51(37-22-9-3-10-23-37)58-52(60-54)38-24-11-4-12-25-38/h1-34H. The van der Waals surface area contributed by atoms with Gasteiger partial charge in [0.2, 0.25) is 5.95 Å². The Balaban J connectivity index is 1.08. The van der Waals surface area contributed by atoms with E-state index in [-0.39, 0.29) is 0 Å². The van der Waals surface area contributed by atoms with E-state index in [0.717, 1.165) is 77.1 Å². The molecule has 0 unspecified atom stereocenters. The zero-order valence-corrected chi connectivity index (χ0v) is 33.2. The van der Waals surface area contributed by atoms with Crippen LogP contribution in [-0.4, -0.2) is 39.0 Å². The van der Waals surface area contributed by atoms with Crippen molar-refractivity contribution in [2.24, 2.45) is 0 Å². The molecule has 0 radical (unpaired) electrons. The summed E-state index contributed by atoms with van der Waals surface area (Å²) in [5, 5.41) is 4.44. The Morgan fingerprint density at radius 2 is 0.597 bits per heavy atom. The molecule has 0 N–H and O–H groups in total. The van der Waals surface area contributed by atoms with Gasteiger partial charge in [-0.15, -0.1) is 0 Å². The van der Waals surface area contributed by atoms with Gasteiger partial charge in [0.15, 0.2) is 29.1 Å². The molecule has 0 saturated heterocycles. The van der Waals surface area contributed by atoms with Crippen LogP contribution < -0.4 is 0 Å². The summed E-state index contributed by atoms with van der Waals surface area (Å²) in [5.41, 5.74) is 9.78. The fourth-order valence-corrected chi connectivity index (χ4v) is 8.54. The fourth-order valence-electron chi connectivity index (χ4n) is 8.54. The molecule has 290 valence electrons. The first kappa shape index (κ1) is 35.3. The molecule has 0 amide bonds. The van der Waals surface area contributed by atoms with Gasteiger partial charge in [0.05, 0.1) is 22.1 Å². The van der Waals surface area contributed by atoms with E-state index >= 15 is 0 Å². The van der Waals surface area contributed by atoms with E-state index in [0.29, 0.717) is 35.1 Å². The summed E-state index contributed by atoms with van der Waals surface area (Å²) in [6.07, 6.45) is 0. The molecular formula is C54H34N8. The van der Waals surface area contributed by atoms with Crippen LogP contribution in [0.25, 0.3) is 112 Å². The van der Waals surface area contributed by atoms with Crippen LogP contribution in [0.1, 0.15) is 0 Å². The van der Waals surface area contributed by atoms with E-state index in [4.69, 9.17) is 29.9 Å². The normalized spacial score (nSPS) is 11.5. The average molecular weight is 795 g/mol. The molecule has 0 aliphatic rings. The molecule has 0 bridgehead atoms. The van der Waals surface area contributed by atoms with Crippen molar-refractivity contribution >= 4 is 43.6 Å². The summed E-state index contributed by atoms with van der Waals surface area (Å²) in [7, 11) is 0. The average Bonchev–Trinajstić information content (AvgIpc) is 3.86. The van der Waals surface area contributed by atoms with Gasteiger partial charge in [-0.3, -0.25) is 4.57 Å². The molecular weight excluding hydrogens is 761 g/mol. The molecule has 8 nitrogen and oxygen atoms in total. The van der Waals surface area contributed by atoms with Crippen LogP contribution >= 0.6 is 0 Å². The largest absolute Gasteiger partial charge is 0.309 e. The van der Waals surface area contributed by atoms with E-state index in [1.54, 1.807) is 0 Å². The fraction of sp³-hybridized carbons (Fsp3) is 0. The van der Waals surface area contributed by atoms with Gasteiger partial charge < -0.3 is 4.57 Å². The zero-order chi connectivity index (χ0) is 41.0. The minimum atomic E-state index is 0.557. The van der Waals surface area contributed by atoms with Gasteiger partial charge in [0.25, 0.3) is 0 Å². The van der Waals surface area contributed by atoms with Gasteiger partial charge in [-0.25, -0.2) is 19.9 Å². The lowest BCUT2D eigenvalue weighted by atomic mass is 10.1. The SMILES string of the molecule is c1ccc(-c2nc(-c3ccccc3)nc(-c3cccc(-n4c5ccccc5c5cc6c(cc54)c4ccccc4n6-c4nc(-c5ccccc5)nc(-c5ccccc5)n4)c3)n2)cc1. The van der Waals surface area contributed by atoms with Gasteiger partial charge in [0.1, 0.15) is 0 Å². The molecule has 0 atom stereocenters. The minimum Gasteiger partial charge on any atom is -0.309 e. The highest BCUT2D eigenvalue weighted by Gasteiger charge is 2.22. The Kier molecular flexibility index (Phi) is 8.31. The Hall–Kier alpha value is -8.62.